The molecule has 8 heteroatoms. The van der Waals surface area contributed by atoms with Gasteiger partial charge in [-0.1, -0.05) is 12.1 Å². The van der Waals surface area contributed by atoms with Gasteiger partial charge in [-0.2, -0.15) is 9.97 Å². The summed E-state index contributed by atoms with van der Waals surface area (Å²) in [6, 6.07) is 8.15. The van der Waals surface area contributed by atoms with Gasteiger partial charge in [0.05, 0.1) is 17.4 Å². The number of nitrogen functional groups attached to an aromatic ring is 1. The topological polar surface area (TPSA) is 99.5 Å². The van der Waals surface area contributed by atoms with Gasteiger partial charge in [0, 0.05) is 13.1 Å². The summed E-state index contributed by atoms with van der Waals surface area (Å²) in [5, 5.41) is 3.16. The van der Waals surface area contributed by atoms with Crippen molar-refractivity contribution in [2.75, 3.05) is 11.1 Å². The first-order valence-corrected chi connectivity index (χ1v) is 7.73. The maximum Gasteiger partial charge on any atom is 0.233 e. The molecule has 8 nitrogen and oxygen atoms in total. The smallest absolute Gasteiger partial charge is 0.233 e. The zero-order valence-electron chi connectivity index (χ0n) is 13.7. The number of imidazole rings is 2. The van der Waals surface area contributed by atoms with Crippen LogP contribution in [0.25, 0.3) is 22.2 Å². The van der Waals surface area contributed by atoms with E-state index in [0.717, 1.165) is 11.0 Å². The molecule has 4 rings (SSSR count). The number of benzene rings is 1. The normalized spacial score (nSPS) is 11.7. The molecule has 24 heavy (non-hydrogen) atoms. The third-order valence-electron chi connectivity index (χ3n) is 4.02. The van der Waals surface area contributed by atoms with Crippen molar-refractivity contribution in [1.82, 2.24) is 29.1 Å². The molecule has 0 radical (unpaired) electrons. The van der Waals surface area contributed by atoms with Crippen LogP contribution in [0, 0.1) is 0 Å². The minimum Gasteiger partial charge on any atom is -0.382 e. The number of nitrogens with two attached hydrogens (primary N) is 1. The van der Waals surface area contributed by atoms with Crippen molar-refractivity contribution in [3.63, 3.8) is 0 Å². The first-order chi connectivity index (χ1) is 11.5. The van der Waals surface area contributed by atoms with Gasteiger partial charge in [-0.25, -0.2) is 9.97 Å². The molecule has 0 unspecified atom stereocenters. The summed E-state index contributed by atoms with van der Waals surface area (Å²) in [7, 11) is 1.94. The number of anilines is 3. The zero-order valence-corrected chi connectivity index (χ0v) is 13.7. The van der Waals surface area contributed by atoms with E-state index in [0.29, 0.717) is 28.9 Å². The van der Waals surface area contributed by atoms with Gasteiger partial charge >= 0.3 is 0 Å². The van der Waals surface area contributed by atoms with Gasteiger partial charge in [0.2, 0.25) is 11.9 Å². The Morgan fingerprint density at radius 1 is 1.12 bits per heavy atom. The quantitative estimate of drug-likeness (QED) is 0.601. The lowest BCUT2D eigenvalue weighted by Crippen LogP contribution is -2.07. The number of rotatable bonds is 3. The molecule has 0 saturated carbocycles. The molecule has 0 spiro atoms. The summed E-state index contributed by atoms with van der Waals surface area (Å²) in [6.45, 7) is 4.13. The molecule has 0 fully saturated rings. The van der Waals surface area contributed by atoms with Crippen molar-refractivity contribution in [2.24, 2.45) is 7.05 Å². The number of aromatic nitrogens is 6. The van der Waals surface area contributed by atoms with Crippen LogP contribution in [0.4, 0.5) is 17.7 Å². The molecule has 0 bridgehead atoms. The lowest BCUT2D eigenvalue weighted by molar-refractivity contribution is 0.613. The minimum atomic E-state index is 0.230. The molecule has 3 heterocycles. The lowest BCUT2D eigenvalue weighted by Gasteiger charge is -2.09. The highest BCUT2D eigenvalue weighted by molar-refractivity contribution is 5.84. The summed E-state index contributed by atoms with van der Waals surface area (Å²) in [6.07, 6.45) is 1.74. The van der Waals surface area contributed by atoms with E-state index < -0.39 is 0 Å². The van der Waals surface area contributed by atoms with E-state index in [1.165, 1.54) is 0 Å². The Labute approximate surface area is 138 Å². The molecule has 3 N–H and O–H groups in total. The average Bonchev–Trinajstić information content (AvgIpc) is 3.11. The third-order valence-corrected chi connectivity index (χ3v) is 4.02. The molecule has 0 aliphatic heterocycles. The number of hydrogen-bond donors (Lipinski definition) is 2. The second-order valence-electron chi connectivity index (χ2n) is 5.96. The maximum absolute atomic E-state index is 6.04. The van der Waals surface area contributed by atoms with E-state index >= 15 is 0 Å². The summed E-state index contributed by atoms with van der Waals surface area (Å²) < 4.78 is 3.92. The number of hydrogen-bond acceptors (Lipinski definition) is 6. The van der Waals surface area contributed by atoms with Crippen LogP contribution >= 0.6 is 0 Å². The Kier molecular flexibility index (Phi) is 3.12. The molecular weight excluding hydrogens is 304 g/mol. The molecule has 122 valence electrons. The van der Waals surface area contributed by atoms with Crippen LogP contribution in [0.3, 0.4) is 0 Å². The van der Waals surface area contributed by atoms with Gasteiger partial charge < -0.3 is 14.9 Å². The Bertz CT molecular complexity index is 1040. The Morgan fingerprint density at radius 3 is 2.67 bits per heavy atom. The molecule has 3 aromatic heterocycles. The monoisotopic (exact) mass is 322 g/mol. The van der Waals surface area contributed by atoms with Crippen molar-refractivity contribution in [3.8, 4) is 0 Å². The highest BCUT2D eigenvalue weighted by Gasteiger charge is 2.15. The Balaban J connectivity index is 1.81. The van der Waals surface area contributed by atoms with Gasteiger partial charge in [-0.3, -0.25) is 5.32 Å². The van der Waals surface area contributed by atoms with Crippen molar-refractivity contribution in [1.29, 1.82) is 0 Å². The average molecular weight is 322 g/mol. The molecule has 0 saturated heterocycles. The first-order valence-electron chi connectivity index (χ1n) is 7.73. The van der Waals surface area contributed by atoms with Crippen LogP contribution in [0.15, 0.2) is 30.6 Å². The summed E-state index contributed by atoms with van der Waals surface area (Å²) >= 11 is 0. The fraction of sp³-hybridized carbons (Fsp3) is 0.250. The van der Waals surface area contributed by atoms with E-state index in [9.17, 15) is 0 Å². The molecule has 0 atom stereocenters. The fourth-order valence-electron chi connectivity index (χ4n) is 2.73. The minimum absolute atomic E-state index is 0.230. The van der Waals surface area contributed by atoms with Crippen molar-refractivity contribution in [2.45, 2.75) is 19.9 Å². The van der Waals surface area contributed by atoms with E-state index in [4.69, 9.17) is 5.73 Å². The van der Waals surface area contributed by atoms with Crippen LogP contribution in [-0.2, 0) is 7.05 Å². The zero-order chi connectivity index (χ0) is 16.8. The summed E-state index contributed by atoms with van der Waals surface area (Å²) in [5.41, 5.74) is 9.30. The number of nitrogens with one attached hydrogen (secondary N) is 1. The highest BCUT2D eigenvalue weighted by atomic mass is 15.3. The Hall–Kier alpha value is -3.16. The number of aryl methyl sites for hydroxylation is 1. The van der Waals surface area contributed by atoms with Crippen LogP contribution in [0.2, 0.25) is 0 Å². The molecule has 1 aromatic carbocycles. The molecule has 0 aliphatic rings. The van der Waals surface area contributed by atoms with Gasteiger partial charge in [0.25, 0.3) is 0 Å². The second-order valence-corrected chi connectivity index (χ2v) is 5.96. The summed E-state index contributed by atoms with van der Waals surface area (Å²) in [4.78, 5) is 17.8. The van der Waals surface area contributed by atoms with Crippen LogP contribution in [0.5, 0.6) is 0 Å². The van der Waals surface area contributed by atoms with Crippen molar-refractivity contribution in [3.05, 3.63) is 30.6 Å². The highest BCUT2D eigenvalue weighted by Crippen LogP contribution is 2.24. The maximum atomic E-state index is 6.04. The number of para-hydroxylation sites is 2. The van der Waals surface area contributed by atoms with E-state index in [1.54, 1.807) is 6.33 Å². The largest absolute Gasteiger partial charge is 0.382 e. The molecule has 0 amide bonds. The predicted octanol–water partition coefficient (Wildman–Crippen LogP) is 2.62. The van der Waals surface area contributed by atoms with Gasteiger partial charge in [-0.05, 0) is 26.0 Å². The fourth-order valence-corrected chi connectivity index (χ4v) is 2.73. The molecular formula is C16H18N8. The van der Waals surface area contributed by atoms with Gasteiger partial charge in [0.1, 0.15) is 5.52 Å². The van der Waals surface area contributed by atoms with Gasteiger partial charge in [-0.15, -0.1) is 0 Å². The first kappa shape index (κ1) is 14.4. The second kappa shape index (κ2) is 5.19. The van der Waals surface area contributed by atoms with E-state index in [-0.39, 0.29) is 6.04 Å². The standard InChI is InChI=1S/C16H18N8/c1-9(2)24-8-18-12-13(17)20-15(21-14(12)24)22-16-19-10-6-4-5-7-11(10)23(16)3/h4-9H,1-3H3,(H3,17,19,20,21,22). The van der Waals surface area contributed by atoms with Crippen LogP contribution in [0.1, 0.15) is 19.9 Å². The van der Waals surface area contributed by atoms with E-state index in [1.807, 2.05) is 40.4 Å². The molecule has 4 aromatic rings. The SMILES string of the molecule is CC(C)n1cnc2c(N)nc(Nc3nc4ccccc4n3C)nc21. The van der Waals surface area contributed by atoms with E-state index in [2.05, 4.69) is 39.1 Å². The number of nitrogens with zero attached hydrogens (tertiary/aromatic N) is 6. The molecule has 0 aliphatic carbocycles. The van der Waals surface area contributed by atoms with Crippen LogP contribution in [-0.4, -0.2) is 29.1 Å². The van der Waals surface area contributed by atoms with Gasteiger partial charge in [0.15, 0.2) is 11.5 Å². The predicted molar refractivity (Wildman–Crippen MR) is 94.1 cm³/mol. The Morgan fingerprint density at radius 2 is 1.92 bits per heavy atom. The van der Waals surface area contributed by atoms with Crippen molar-refractivity contribution < 1.29 is 0 Å². The van der Waals surface area contributed by atoms with Crippen LogP contribution < -0.4 is 11.1 Å². The lowest BCUT2D eigenvalue weighted by atomic mass is 10.3. The third kappa shape index (κ3) is 2.15. The van der Waals surface area contributed by atoms with Crippen molar-refractivity contribution >= 4 is 39.9 Å². The summed E-state index contributed by atoms with van der Waals surface area (Å²) in [5.74, 6) is 1.41. The number of fused-ring (bicyclic) bond motifs is 2.